The number of benzene rings is 2. The molecule has 1 atom stereocenters. The van der Waals surface area contributed by atoms with Crippen LogP contribution in [-0.2, 0) is 27.4 Å². The Morgan fingerprint density at radius 3 is 2.50 bits per heavy atom. The first kappa shape index (κ1) is 31.5. The number of nitrogens with zero attached hydrogens (tertiary/aromatic N) is 4. The minimum Gasteiger partial charge on any atom is -0.486 e. The highest BCUT2D eigenvalue weighted by atomic mass is 35.5. The average molecular weight is 634 g/mol. The standard InChI is InChI=1S/C33H36ClN5O4S/c1-41-17-15-38(16-18-42-2)31(40)23-44-19-13-28-32(36-24-39(33(28)44)21-25-8-4-3-5-9-25)37-26-11-12-30(29(34)20-26)43-22-27-10-6-7-14-35-27/h3-14,19-20,24,37H,15-18,21-23H2,1-2H3. The molecule has 3 aromatic rings. The summed E-state index contributed by atoms with van der Waals surface area (Å²) >= 11 is 6.59. The SMILES string of the molecule is COCCN(CCOC)C(=O)CS1=C2C(=C(Nc3ccc(OCc4ccccn4)c(Cl)c3)N=CN2Cc2ccccc2)C=C1. The van der Waals surface area contributed by atoms with Crippen LogP contribution in [0.25, 0.3) is 0 Å². The molecule has 0 spiro atoms. The molecule has 0 fully saturated rings. The normalized spacial score (nSPS) is 15.5. The molecule has 0 saturated carbocycles. The molecular weight excluding hydrogens is 598 g/mol. The number of rotatable bonds is 15. The zero-order valence-corrected chi connectivity index (χ0v) is 26.4. The first-order valence-corrected chi connectivity index (χ1v) is 16.1. The maximum atomic E-state index is 13.5. The van der Waals surface area contributed by atoms with Gasteiger partial charge in [-0.2, -0.15) is 0 Å². The minimum absolute atomic E-state index is 0.0607. The van der Waals surface area contributed by atoms with Gasteiger partial charge < -0.3 is 29.3 Å². The van der Waals surface area contributed by atoms with Gasteiger partial charge in [0.05, 0.1) is 41.0 Å². The van der Waals surface area contributed by atoms with E-state index in [-0.39, 0.29) is 5.91 Å². The third-order valence-corrected chi connectivity index (χ3v) is 9.24. The Hall–Kier alpha value is -3.96. The highest BCUT2D eigenvalue weighted by Gasteiger charge is 2.28. The minimum atomic E-state index is -0.469. The zero-order valence-electron chi connectivity index (χ0n) is 24.8. The first-order valence-electron chi connectivity index (χ1n) is 14.2. The van der Waals surface area contributed by atoms with Gasteiger partial charge in [-0.05, 0) is 47.4 Å². The number of hydrogen-bond donors (Lipinski definition) is 1. The number of aliphatic imine (C=N–C) groups is 1. The van der Waals surface area contributed by atoms with Crippen molar-refractivity contribution >= 4 is 45.0 Å². The van der Waals surface area contributed by atoms with Gasteiger partial charge in [0.2, 0.25) is 5.91 Å². The lowest BCUT2D eigenvalue weighted by Crippen LogP contribution is -2.39. The van der Waals surface area contributed by atoms with Gasteiger partial charge in [0.1, 0.15) is 18.2 Å². The molecule has 5 rings (SSSR count). The molecule has 2 aliphatic rings. The predicted octanol–water partition coefficient (Wildman–Crippen LogP) is 5.53. The molecule has 1 unspecified atom stereocenters. The van der Waals surface area contributed by atoms with Gasteiger partial charge in [0.15, 0.2) is 0 Å². The van der Waals surface area contributed by atoms with Crippen LogP contribution in [0.5, 0.6) is 5.75 Å². The molecule has 11 heteroatoms. The second-order valence-corrected chi connectivity index (χ2v) is 12.3. The van der Waals surface area contributed by atoms with E-state index in [0.717, 1.165) is 27.5 Å². The van der Waals surface area contributed by atoms with Crippen molar-refractivity contribution < 1.29 is 19.0 Å². The molecule has 2 aromatic carbocycles. The van der Waals surface area contributed by atoms with Crippen LogP contribution in [-0.4, -0.2) is 78.3 Å². The van der Waals surface area contributed by atoms with E-state index in [1.54, 1.807) is 20.4 Å². The van der Waals surface area contributed by atoms with Crippen molar-refractivity contribution in [3.05, 3.63) is 112 Å². The van der Waals surface area contributed by atoms with E-state index in [0.29, 0.717) is 61.8 Å². The van der Waals surface area contributed by atoms with Crippen LogP contribution >= 0.6 is 22.1 Å². The van der Waals surface area contributed by atoms with Crippen molar-refractivity contribution in [3.63, 3.8) is 0 Å². The van der Waals surface area contributed by atoms with E-state index in [4.69, 9.17) is 30.8 Å². The van der Waals surface area contributed by atoms with Crippen molar-refractivity contribution in [2.45, 2.75) is 13.2 Å². The van der Waals surface area contributed by atoms with E-state index < -0.39 is 10.5 Å². The Morgan fingerprint density at radius 2 is 1.80 bits per heavy atom. The van der Waals surface area contributed by atoms with E-state index in [9.17, 15) is 4.79 Å². The fraction of sp³-hybridized carbons (Fsp3) is 0.273. The van der Waals surface area contributed by atoms with E-state index in [2.05, 4.69) is 38.8 Å². The molecule has 0 aliphatic carbocycles. The Kier molecular flexibility index (Phi) is 11.2. The molecule has 3 heterocycles. The van der Waals surface area contributed by atoms with Crippen molar-refractivity contribution in [2.75, 3.05) is 51.6 Å². The van der Waals surface area contributed by atoms with E-state index >= 15 is 0 Å². The smallest absolute Gasteiger partial charge is 0.232 e. The summed E-state index contributed by atoms with van der Waals surface area (Å²) in [6.07, 6.45) is 5.63. The second-order valence-electron chi connectivity index (χ2n) is 10.0. The molecule has 0 saturated heterocycles. The number of nitrogens with one attached hydrogen (secondary N) is 1. The van der Waals surface area contributed by atoms with Crippen LogP contribution < -0.4 is 10.1 Å². The molecule has 230 valence electrons. The summed E-state index contributed by atoms with van der Waals surface area (Å²) in [7, 11) is 2.81. The summed E-state index contributed by atoms with van der Waals surface area (Å²) in [5, 5.41) is 6.03. The number of carbonyl (C=O) groups excluding carboxylic acids is 1. The number of amides is 1. The second kappa shape index (κ2) is 15.7. The molecule has 0 radical (unpaired) electrons. The average Bonchev–Trinajstić information content (AvgIpc) is 3.47. The van der Waals surface area contributed by atoms with E-state index in [1.807, 2.05) is 65.8 Å². The summed E-state index contributed by atoms with van der Waals surface area (Å²) in [5.74, 6) is 1.67. The number of hydrogen-bond acceptors (Lipinski definition) is 8. The number of ether oxygens (including phenoxy) is 3. The van der Waals surface area contributed by atoms with Crippen LogP contribution in [0.4, 0.5) is 5.69 Å². The number of anilines is 1. The van der Waals surface area contributed by atoms with Crippen LogP contribution in [0.2, 0.25) is 5.02 Å². The summed E-state index contributed by atoms with van der Waals surface area (Å²) in [6.45, 7) is 2.93. The molecule has 1 aromatic heterocycles. The number of pyridine rings is 1. The van der Waals surface area contributed by atoms with Gasteiger partial charge in [-0.3, -0.25) is 9.78 Å². The maximum absolute atomic E-state index is 13.5. The largest absolute Gasteiger partial charge is 0.486 e. The van der Waals surface area contributed by atoms with Gasteiger partial charge in [-0.15, -0.1) is 10.5 Å². The summed E-state index contributed by atoms with van der Waals surface area (Å²) in [5.41, 5.74) is 3.70. The van der Waals surface area contributed by atoms with Gasteiger partial charge in [-0.25, -0.2) is 4.99 Å². The molecule has 2 aliphatic heterocycles. The molecule has 9 nitrogen and oxygen atoms in total. The topological polar surface area (TPSA) is 88.5 Å². The van der Waals surface area contributed by atoms with Crippen LogP contribution in [0, 0.1) is 0 Å². The number of halogens is 1. The third kappa shape index (κ3) is 8.15. The quantitative estimate of drug-likeness (QED) is 0.220. The highest BCUT2D eigenvalue weighted by molar-refractivity contribution is 8.19. The van der Waals surface area contributed by atoms with Crippen LogP contribution in [0.15, 0.2) is 101 Å². The summed E-state index contributed by atoms with van der Waals surface area (Å²) < 4.78 is 16.4. The van der Waals surface area contributed by atoms with Gasteiger partial charge in [0, 0.05) is 51.3 Å². The van der Waals surface area contributed by atoms with Crippen LogP contribution in [0.3, 0.4) is 0 Å². The van der Waals surface area contributed by atoms with E-state index in [1.165, 1.54) is 0 Å². The lowest BCUT2D eigenvalue weighted by Gasteiger charge is -2.29. The maximum Gasteiger partial charge on any atom is 0.232 e. The number of carbonyl (C=O) groups is 1. The zero-order chi connectivity index (χ0) is 30.7. The molecular formula is C33H36ClN5O4S. The van der Waals surface area contributed by atoms with Crippen molar-refractivity contribution in [1.82, 2.24) is 14.8 Å². The van der Waals surface area contributed by atoms with Crippen molar-refractivity contribution in [2.24, 2.45) is 4.99 Å². The predicted molar refractivity (Wildman–Crippen MR) is 178 cm³/mol. The highest BCUT2D eigenvalue weighted by Crippen LogP contribution is 2.36. The number of methoxy groups -OCH3 is 2. The van der Waals surface area contributed by atoms with Crippen molar-refractivity contribution in [3.8, 4) is 5.75 Å². The molecule has 1 N–H and O–H groups in total. The fourth-order valence-corrected chi connectivity index (χ4v) is 6.93. The lowest BCUT2D eigenvalue weighted by molar-refractivity contribution is -0.129. The first-order chi connectivity index (χ1) is 21.6. The monoisotopic (exact) mass is 633 g/mol. The summed E-state index contributed by atoms with van der Waals surface area (Å²) in [6, 6.07) is 21.5. The van der Waals surface area contributed by atoms with Gasteiger partial charge >= 0.3 is 0 Å². The van der Waals surface area contributed by atoms with Crippen molar-refractivity contribution in [1.29, 1.82) is 0 Å². The molecule has 1 amide bonds. The summed E-state index contributed by atoms with van der Waals surface area (Å²) in [4.78, 5) is 27.6. The van der Waals surface area contributed by atoms with Gasteiger partial charge in [-0.1, -0.05) is 48.0 Å². The molecule has 0 bridgehead atoms. The Balaban J connectivity index is 1.38. The lowest BCUT2D eigenvalue weighted by atomic mass is 10.1. The fourth-order valence-electron chi connectivity index (χ4n) is 4.73. The molecule has 44 heavy (non-hydrogen) atoms. The van der Waals surface area contributed by atoms with Crippen LogP contribution in [0.1, 0.15) is 11.3 Å². The Bertz CT molecular complexity index is 1550. The Morgan fingerprint density at radius 1 is 1.02 bits per heavy atom. The number of fused-ring (bicyclic) bond motifs is 1. The van der Waals surface area contributed by atoms with Gasteiger partial charge in [0.25, 0.3) is 0 Å². The third-order valence-electron chi connectivity index (χ3n) is 6.97. The number of aromatic nitrogens is 1. The Labute approximate surface area is 265 Å².